The second kappa shape index (κ2) is 6.84. The topological polar surface area (TPSA) is 62.0 Å². The molecule has 0 aliphatic carbocycles. The van der Waals surface area contributed by atoms with Gasteiger partial charge in [0.1, 0.15) is 18.1 Å². The van der Waals surface area contributed by atoms with Crippen molar-refractivity contribution in [2.24, 2.45) is 11.3 Å². The minimum absolute atomic E-state index is 0.0244. The predicted octanol–water partition coefficient (Wildman–Crippen LogP) is 2.36. The molecule has 1 aliphatic rings. The van der Waals surface area contributed by atoms with E-state index in [2.05, 4.69) is 37.1 Å². The van der Waals surface area contributed by atoms with Gasteiger partial charge >= 0.3 is 0 Å². The van der Waals surface area contributed by atoms with E-state index < -0.39 is 5.54 Å². The number of hydrogen-bond acceptors (Lipinski definition) is 3. The summed E-state index contributed by atoms with van der Waals surface area (Å²) in [6.07, 6.45) is 7.44. The summed E-state index contributed by atoms with van der Waals surface area (Å²) in [6.45, 7) is 9.05. The average molecular weight is 278 g/mol. The normalized spacial score (nSPS) is 22.7. The first-order valence-corrected chi connectivity index (χ1v) is 7.25. The third-order valence-electron chi connectivity index (χ3n) is 4.24. The lowest BCUT2D eigenvalue weighted by atomic mass is 9.72. The Hall–Kier alpha value is -1.42. The summed E-state index contributed by atoms with van der Waals surface area (Å²) in [6, 6.07) is 2.08. The molecule has 1 aromatic rings. The Bertz CT molecular complexity index is 416. The first kappa shape index (κ1) is 16.6. The molecule has 4 heteroatoms. The number of rotatable bonds is 4. The second-order valence-electron chi connectivity index (χ2n) is 6.04. The van der Waals surface area contributed by atoms with Crippen molar-refractivity contribution in [1.82, 2.24) is 10.3 Å². The Labute approximate surface area is 121 Å². The smallest absolute Gasteiger partial charge is 0.147 e. The predicted molar refractivity (Wildman–Crippen MR) is 80.6 cm³/mol. The number of nitrogens with one attached hydrogen (secondary N) is 2. The van der Waals surface area contributed by atoms with Gasteiger partial charge in [0.05, 0.1) is 0 Å². The van der Waals surface area contributed by atoms with E-state index in [9.17, 15) is 9.59 Å². The molecule has 1 atom stereocenters. The second-order valence-corrected chi connectivity index (χ2v) is 6.04. The fourth-order valence-corrected chi connectivity index (χ4v) is 3.02. The summed E-state index contributed by atoms with van der Waals surface area (Å²) >= 11 is 0. The Morgan fingerprint density at radius 2 is 1.95 bits per heavy atom. The maximum absolute atomic E-state index is 10.9. The summed E-state index contributed by atoms with van der Waals surface area (Å²) < 4.78 is 0. The highest BCUT2D eigenvalue weighted by molar-refractivity contribution is 5.90. The van der Waals surface area contributed by atoms with Gasteiger partial charge in [-0.1, -0.05) is 34.1 Å². The van der Waals surface area contributed by atoms with Crippen molar-refractivity contribution in [1.29, 1.82) is 0 Å². The lowest BCUT2D eigenvalue weighted by Gasteiger charge is -2.30. The maximum atomic E-state index is 10.9. The summed E-state index contributed by atoms with van der Waals surface area (Å²) in [5.74, 6) is 0.106. The maximum Gasteiger partial charge on any atom is 0.147 e. The van der Waals surface area contributed by atoms with Crippen LogP contribution in [0, 0.1) is 11.3 Å². The van der Waals surface area contributed by atoms with Crippen LogP contribution in [0.4, 0.5) is 0 Å². The van der Waals surface area contributed by atoms with E-state index in [1.54, 1.807) is 0 Å². The summed E-state index contributed by atoms with van der Waals surface area (Å²) in [5.41, 5.74) is 0.467. The van der Waals surface area contributed by atoms with Crippen molar-refractivity contribution in [3.63, 3.8) is 0 Å². The molecule has 1 unspecified atom stereocenters. The molecule has 2 heterocycles. The van der Waals surface area contributed by atoms with Gasteiger partial charge in [-0.3, -0.25) is 5.32 Å². The molecule has 20 heavy (non-hydrogen) atoms. The van der Waals surface area contributed by atoms with Crippen LogP contribution in [0.5, 0.6) is 0 Å². The quantitative estimate of drug-likeness (QED) is 0.656. The van der Waals surface area contributed by atoms with E-state index in [-0.39, 0.29) is 11.3 Å². The Morgan fingerprint density at radius 1 is 1.30 bits per heavy atom. The van der Waals surface area contributed by atoms with Crippen molar-refractivity contribution in [2.75, 3.05) is 6.54 Å². The molecule has 1 aromatic heterocycles. The fourth-order valence-electron chi connectivity index (χ4n) is 3.02. The van der Waals surface area contributed by atoms with Crippen LogP contribution >= 0.6 is 0 Å². The number of carbonyl (C=O) groups is 2. The number of aromatic amines is 1. The first-order chi connectivity index (χ1) is 9.45. The average Bonchev–Trinajstić information content (AvgIpc) is 3.05. The molecule has 0 spiro atoms. The molecule has 112 valence electrons. The highest BCUT2D eigenvalue weighted by atomic mass is 16.1. The number of aryl methyl sites for hydroxylation is 1. The molecule has 0 bridgehead atoms. The Kier molecular flexibility index (Phi) is 5.69. The van der Waals surface area contributed by atoms with E-state index in [1.165, 1.54) is 5.56 Å². The largest absolute Gasteiger partial charge is 0.367 e. The van der Waals surface area contributed by atoms with Gasteiger partial charge in [-0.2, -0.15) is 0 Å². The van der Waals surface area contributed by atoms with Gasteiger partial charge in [-0.25, -0.2) is 0 Å². The van der Waals surface area contributed by atoms with Crippen molar-refractivity contribution in [3.05, 3.63) is 24.0 Å². The molecule has 0 amide bonds. The Balaban J connectivity index is 0.000000240. The molecule has 1 aliphatic heterocycles. The molecule has 0 saturated carbocycles. The van der Waals surface area contributed by atoms with E-state index in [0.29, 0.717) is 0 Å². The summed E-state index contributed by atoms with van der Waals surface area (Å²) in [7, 11) is 0. The highest BCUT2D eigenvalue weighted by Gasteiger charge is 2.51. The molecule has 2 N–H and O–H groups in total. The number of aromatic nitrogens is 1. The third kappa shape index (κ3) is 3.37. The molecule has 1 fully saturated rings. The van der Waals surface area contributed by atoms with Gasteiger partial charge < -0.3 is 14.6 Å². The number of H-pyrrole nitrogens is 1. The number of carbonyl (C=O) groups excluding carboxylic acids is 2. The first-order valence-electron chi connectivity index (χ1n) is 7.25. The van der Waals surface area contributed by atoms with Crippen LogP contribution in [0.25, 0.3) is 0 Å². The minimum atomic E-state index is -0.932. The molecule has 0 radical (unpaired) electrons. The van der Waals surface area contributed by atoms with Crippen LogP contribution in [-0.4, -0.2) is 29.6 Å². The van der Waals surface area contributed by atoms with Crippen molar-refractivity contribution >= 4 is 12.6 Å². The molecular formula is C16H26N2O2. The number of hydrogen-bond donors (Lipinski definition) is 2. The van der Waals surface area contributed by atoms with Crippen LogP contribution in [0.3, 0.4) is 0 Å². The zero-order valence-corrected chi connectivity index (χ0v) is 12.9. The van der Waals surface area contributed by atoms with E-state index in [4.69, 9.17) is 0 Å². The highest BCUT2D eigenvalue weighted by Crippen LogP contribution is 2.40. The summed E-state index contributed by atoms with van der Waals surface area (Å²) in [5, 5.41) is 3.02. The molecule has 4 nitrogen and oxygen atoms in total. The zero-order valence-electron chi connectivity index (χ0n) is 12.9. The van der Waals surface area contributed by atoms with Gasteiger partial charge in [-0.15, -0.1) is 0 Å². The van der Waals surface area contributed by atoms with E-state index in [1.807, 2.05) is 19.3 Å². The van der Waals surface area contributed by atoms with Crippen molar-refractivity contribution in [2.45, 2.75) is 46.1 Å². The zero-order chi connectivity index (χ0) is 15.2. The van der Waals surface area contributed by atoms with Crippen LogP contribution in [0.15, 0.2) is 18.5 Å². The van der Waals surface area contributed by atoms with E-state index in [0.717, 1.165) is 32.0 Å². The van der Waals surface area contributed by atoms with Gasteiger partial charge in [0.15, 0.2) is 0 Å². The molecule has 1 saturated heterocycles. The summed E-state index contributed by atoms with van der Waals surface area (Å²) in [4.78, 5) is 24.8. The van der Waals surface area contributed by atoms with Gasteiger partial charge in [0.2, 0.25) is 0 Å². The molecule has 2 rings (SSSR count). The lowest BCUT2D eigenvalue weighted by Crippen LogP contribution is -2.48. The number of aldehydes is 2. The van der Waals surface area contributed by atoms with Crippen LogP contribution in [-0.2, 0) is 16.0 Å². The SMILES string of the molecule is CCC1C(C)(C)CNC1(C=O)C=O.CCc1cc[nH]c1. The molecule has 0 aromatic carbocycles. The van der Waals surface area contributed by atoms with Gasteiger partial charge in [0, 0.05) is 18.9 Å². The van der Waals surface area contributed by atoms with Crippen molar-refractivity contribution < 1.29 is 9.59 Å². The third-order valence-corrected chi connectivity index (χ3v) is 4.24. The standard InChI is InChI=1S/C10H17NO2.C6H9N/c1-4-8-9(2,3)5-11-10(8,6-12)7-13;1-2-6-3-4-7-5-6/h6-8,11H,4-5H2,1-3H3;3-5,7H,2H2,1H3. The van der Waals surface area contributed by atoms with Crippen molar-refractivity contribution in [3.8, 4) is 0 Å². The van der Waals surface area contributed by atoms with Crippen LogP contribution in [0.1, 0.15) is 39.7 Å². The van der Waals surface area contributed by atoms with Crippen LogP contribution < -0.4 is 5.32 Å². The van der Waals surface area contributed by atoms with Gasteiger partial charge in [-0.05, 0) is 29.4 Å². The van der Waals surface area contributed by atoms with Gasteiger partial charge in [0.25, 0.3) is 0 Å². The monoisotopic (exact) mass is 278 g/mol. The Morgan fingerprint density at radius 3 is 2.25 bits per heavy atom. The minimum Gasteiger partial charge on any atom is -0.367 e. The lowest BCUT2D eigenvalue weighted by molar-refractivity contribution is -0.124. The fraction of sp³-hybridized carbons (Fsp3) is 0.625. The van der Waals surface area contributed by atoms with Crippen LogP contribution in [0.2, 0.25) is 0 Å². The van der Waals surface area contributed by atoms with E-state index >= 15 is 0 Å². The molecular weight excluding hydrogens is 252 g/mol.